The van der Waals surface area contributed by atoms with E-state index in [0.29, 0.717) is 0 Å². The molecule has 0 radical (unpaired) electrons. The molecule has 1 rings (SSSR count). The van der Waals surface area contributed by atoms with Crippen LogP contribution in [0.5, 0.6) is 0 Å². The quantitative estimate of drug-likeness (QED) is 0.777. The fourth-order valence-electron chi connectivity index (χ4n) is 1.35. The van der Waals surface area contributed by atoms with Crippen LogP contribution in [0.15, 0.2) is 30.3 Å². The van der Waals surface area contributed by atoms with Gasteiger partial charge < -0.3 is 10.5 Å². The summed E-state index contributed by atoms with van der Waals surface area (Å²) in [6.45, 7) is 3.86. The second-order valence-electron chi connectivity index (χ2n) is 3.93. The van der Waals surface area contributed by atoms with Gasteiger partial charge in [0.25, 0.3) is 0 Å². The monoisotopic (exact) mass is 221 g/mol. The fourth-order valence-corrected chi connectivity index (χ4v) is 1.35. The van der Waals surface area contributed by atoms with E-state index in [4.69, 9.17) is 10.5 Å². The van der Waals surface area contributed by atoms with Gasteiger partial charge in [0, 0.05) is 6.04 Å². The van der Waals surface area contributed by atoms with Crippen molar-refractivity contribution >= 4 is 5.97 Å². The van der Waals surface area contributed by atoms with Gasteiger partial charge in [-0.05, 0) is 18.9 Å². The molecule has 0 amide bonds. The number of carbonyl (C=O) groups excluding carboxylic acids is 1. The van der Waals surface area contributed by atoms with E-state index in [1.807, 2.05) is 44.2 Å². The fraction of sp³-hybridized carbons (Fsp3) is 0.462. The summed E-state index contributed by atoms with van der Waals surface area (Å²) in [7, 11) is 0. The zero-order chi connectivity index (χ0) is 12.0. The number of ether oxygens (including phenoxy) is 1. The lowest BCUT2D eigenvalue weighted by atomic mass is 10.1. The van der Waals surface area contributed by atoms with Gasteiger partial charge in [0.15, 0.2) is 0 Å². The first-order valence-electron chi connectivity index (χ1n) is 5.63. The number of hydrogen-bond donors (Lipinski definition) is 1. The molecule has 0 fully saturated rings. The molecule has 2 N–H and O–H groups in total. The predicted octanol–water partition coefficient (Wildman–Crippen LogP) is 2.42. The third kappa shape index (κ3) is 4.03. The molecule has 1 aromatic rings. The highest BCUT2D eigenvalue weighted by Crippen LogP contribution is 2.14. The molecule has 0 aliphatic rings. The van der Waals surface area contributed by atoms with Crippen molar-refractivity contribution in [1.29, 1.82) is 0 Å². The Bertz CT molecular complexity index is 324. The predicted molar refractivity (Wildman–Crippen MR) is 63.8 cm³/mol. The van der Waals surface area contributed by atoms with Gasteiger partial charge >= 0.3 is 5.97 Å². The highest BCUT2D eigenvalue weighted by Gasteiger charge is 2.14. The largest absolute Gasteiger partial charge is 0.463 e. The van der Waals surface area contributed by atoms with Gasteiger partial charge in [0.05, 0.1) is 12.5 Å². The van der Waals surface area contributed by atoms with Crippen molar-refractivity contribution in [3.05, 3.63) is 35.9 Å². The van der Waals surface area contributed by atoms with Crippen molar-refractivity contribution in [2.75, 3.05) is 0 Å². The molecule has 0 spiro atoms. The lowest BCUT2D eigenvalue weighted by Gasteiger charge is -2.14. The highest BCUT2D eigenvalue weighted by molar-refractivity contribution is 5.70. The Kier molecular flexibility index (Phi) is 4.99. The molecule has 16 heavy (non-hydrogen) atoms. The van der Waals surface area contributed by atoms with Crippen molar-refractivity contribution in [3.63, 3.8) is 0 Å². The van der Waals surface area contributed by atoms with E-state index >= 15 is 0 Å². The molecule has 0 aliphatic heterocycles. The summed E-state index contributed by atoms with van der Waals surface area (Å²) >= 11 is 0. The van der Waals surface area contributed by atoms with Gasteiger partial charge in [-0.2, -0.15) is 0 Å². The molecule has 0 bridgehead atoms. The van der Waals surface area contributed by atoms with Crippen LogP contribution in [0.3, 0.4) is 0 Å². The molecule has 0 aromatic heterocycles. The summed E-state index contributed by atoms with van der Waals surface area (Å²) in [6, 6.07) is 9.30. The van der Waals surface area contributed by atoms with Crippen LogP contribution in [-0.4, -0.2) is 12.1 Å². The summed E-state index contributed by atoms with van der Waals surface area (Å²) in [5.74, 6) is -0.231. The molecule has 0 saturated carbocycles. The van der Waals surface area contributed by atoms with Gasteiger partial charge in [-0.15, -0.1) is 0 Å². The maximum Gasteiger partial charge on any atom is 0.307 e. The van der Waals surface area contributed by atoms with Crippen molar-refractivity contribution in [2.45, 2.75) is 38.8 Å². The van der Waals surface area contributed by atoms with Crippen molar-refractivity contribution in [3.8, 4) is 0 Å². The van der Waals surface area contributed by atoms with E-state index in [0.717, 1.165) is 12.0 Å². The first-order chi connectivity index (χ1) is 7.63. The van der Waals surface area contributed by atoms with Gasteiger partial charge in [-0.1, -0.05) is 37.3 Å². The van der Waals surface area contributed by atoms with Crippen LogP contribution < -0.4 is 5.73 Å². The summed E-state index contributed by atoms with van der Waals surface area (Å²) < 4.78 is 5.17. The maximum atomic E-state index is 11.5. The van der Waals surface area contributed by atoms with Crippen molar-refractivity contribution < 1.29 is 9.53 Å². The van der Waals surface area contributed by atoms with Gasteiger partial charge in [-0.3, -0.25) is 4.79 Å². The Morgan fingerprint density at radius 2 is 2.00 bits per heavy atom. The molecule has 1 aromatic carbocycles. The smallest absolute Gasteiger partial charge is 0.307 e. The third-order valence-corrected chi connectivity index (χ3v) is 2.52. The summed E-state index contributed by atoms with van der Waals surface area (Å²) in [6.07, 6.45) is 1.02. The van der Waals surface area contributed by atoms with Crippen LogP contribution >= 0.6 is 0 Å². The molecule has 3 nitrogen and oxygen atoms in total. The van der Waals surface area contributed by atoms with E-state index in [1.54, 1.807) is 0 Å². The normalized spacial score (nSPS) is 14.2. The minimum absolute atomic E-state index is 0.0320. The topological polar surface area (TPSA) is 52.3 Å². The van der Waals surface area contributed by atoms with Crippen molar-refractivity contribution in [2.24, 2.45) is 5.73 Å². The SMILES string of the molecule is CCC(C)OC(=O)CC(N)c1ccccc1. The average molecular weight is 221 g/mol. The molecular formula is C13H19NO2. The number of benzene rings is 1. The van der Waals surface area contributed by atoms with E-state index < -0.39 is 0 Å². The average Bonchev–Trinajstić information content (AvgIpc) is 2.29. The molecular weight excluding hydrogens is 202 g/mol. The zero-order valence-corrected chi connectivity index (χ0v) is 9.85. The van der Waals surface area contributed by atoms with Crippen LogP contribution in [0, 0.1) is 0 Å². The standard InChI is InChI=1S/C13H19NO2/c1-3-10(2)16-13(15)9-12(14)11-7-5-4-6-8-11/h4-8,10,12H,3,9,14H2,1-2H3. The Morgan fingerprint density at radius 1 is 1.38 bits per heavy atom. The third-order valence-electron chi connectivity index (χ3n) is 2.52. The van der Waals surface area contributed by atoms with Gasteiger partial charge in [-0.25, -0.2) is 0 Å². The molecule has 3 heteroatoms. The number of nitrogens with two attached hydrogens (primary N) is 1. The Labute approximate surface area is 96.6 Å². The molecule has 0 aliphatic carbocycles. The van der Waals surface area contributed by atoms with Crippen molar-refractivity contribution in [1.82, 2.24) is 0 Å². The Hall–Kier alpha value is -1.35. The maximum absolute atomic E-state index is 11.5. The van der Waals surface area contributed by atoms with Crippen LogP contribution in [0.2, 0.25) is 0 Å². The number of hydrogen-bond acceptors (Lipinski definition) is 3. The first kappa shape index (κ1) is 12.7. The molecule has 0 heterocycles. The lowest BCUT2D eigenvalue weighted by Crippen LogP contribution is -2.20. The van der Waals surface area contributed by atoms with Gasteiger partial charge in [0.2, 0.25) is 0 Å². The van der Waals surface area contributed by atoms with Crippen LogP contribution in [-0.2, 0) is 9.53 Å². The Morgan fingerprint density at radius 3 is 2.56 bits per heavy atom. The number of rotatable bonds is 5. The van der Waals surface area contributed by atoms with E-state index in [-0.39, 0.29) is 24.5 Å². The second-order valence-corrected chi connectivity index (χ2v) is 3.93. The van der Waals surface area contributed by atoms with Crippen LogP contribution in [0.4, 0.5) is 0 Å². The number of carbonyl (C=O) groups is 1. The van der Waals surface area contributed by atoms with E-state index in [1.165, 1.54) is 0 Å². The molecule has 2 unspecified atom stereocenters. The minimum Gasteiger partial charge on any atom is -0.463 e. The second kappa shape index (κ2) is 6.28. The molecule has 2 atom stereocenters. The molecule has 88 valence electrons. The summed E-state index contributed by atoms with van der Waals surface area (Å²) in [4.78, 5) is 11.5. The van der Waals surface area contributed by atoms with Gasteiger partial charge in [0.1, 0.15) is 0 Å². The van der Waals surface area contributed by atoms with Crippen LogP contribution in [0.25, 0.3) is 0 Å². The first-order valence-corrected chi connectivity index (χ1v) is 5.63. The zero-order valence-electron chi connectivity index (χ0n) is 9.85. The lowest BCUT2D eigenvalue weighted by molar-refractivity contribution is -0.148. The van der Waals surface area contributed by atoms with Crippen LogP contribution in [0.1, 0.15) is 38.3 Å². The van der Waals surface area contributed by atoms with E-state index in [2.05, 4.69) is 0 Å². The van der Waals surface area contributed by atoms with E-state index in [9.17, 15) is 4.79 Å². The number of esters is 1. The minimum atomic E-state index is -0.280. The summed E-state index contributed by atoms with van der Waals surface area (Å²) in [5.41, 5.74) is 6.87. The molecule has 0 saturated heterocycles. The highest BCUT2D eigenvalue weighted by atomic mass is 16.5. The Balaban J connectivity index is 2.46. The summed E-state index contributed by atoms with van der Waals surface area (Å²) in [5, 5.41) is 0.